The molecule has 0 radical (unpaired) electrons. The summed E-state index contributed by atoms with van der Waals surface area (Å²) in [6.07, 6.45) is -4.46. The lowest BCUT2D eigenvalue weighted by Crippen LogP contribution is -2.37. The van der Waals surface area contributed by atoms with E-state index < -0.39 is 17.4 Å². The number of nitrogens with two attached hydrogens (primary N) is 1. The molecule has 0 saturated carbocycles. The number of alkyl halides is 3. The number of hydrogen-bond acceptors (Lipinski definition) is 3. The molecule has 3 aromatic rings. The SMILES string of the molecule is CCN(C(N)=Nc1cccc2ccc(=O)oc12)c1cccc(C(F)(F)F)c1. The van der Waals surface area contributed by atoms with Crippen molar-refractivity contribution in [2.45, 2.75) is 13.1 Å². The van der Waals surface area contributed by atoms with Gasteiger partial charge in [0.05, 0.1) is 5.56 Å². The van der Waals surface area contributed by atoms with E-state index in [1.807, 2.05) is 0 Å². The number of guanidine groups is 1. The smallest absolute Gasteiger partial charge is 0.416 e. The molecule has 0 saturated heterocycles. The van der Waals surface area contributed by atoms with Crippen LogP contribution in [0.15, 0.2) is 68.8 Å². The maximum absolute atomic E-state index is 13.0. The first kappa shape index (κ1) is 18.5. The normalized spacial score (nSPS) is 12.4. The predicted octanol–water partition coefficient (Wildman–Crippen LogP) is 4.28. The van der Waals surface area contributed by atoms with E-state index in [0.29, 0.717) is 17.6 Å². The molecule has 2 aromatic carbocycles. The zero-order valence-corrected chi connectivity index (χ0v) is 14.3. The highest BCUT2D eigenvalue weighted by molar-refractivity contribution is 5.99. The summed E-state index contributed by atoms with van der Waals surface area (Å²) in [7, 11) is 0. The van der Waals surface area contributed by atoms with Gasteiger partial charge < -0.3 is 15.1 Å². The van der Waals surface area contributed by atoms with Gasteiger partial charge in [0.1, 0.15) is 5.69 Å². The summed E-state index contributed by atoms with van der Waals surface area (Å²) < 4.78 is 44.1. The van der Waals surface area contributed by atoms with Gasteiger partial charge in [-0.3, -0.25) is 0 Å². The minimum absolute atomic E-state index is 0.0178. The molecule has 0 fully saturated rings. The van der Waals surface area contributed by atoms with E-state index >= 15 is 0 Å². The Balaban J connectivity index is 2.05. The van der Waals surface area contributed by atoms with Crippen LogP contribution in [-0.2, 0) is 6.18 Å². The van der Waals surface area contributed by atoms with Crippen LogP contribution >= 0.6 is 0 Å². The highest BCUT2D eigenvalue weighted by Gasteiger charge is 2.31. The van der Waals surface area contributed by atoms with Gasteiger partial charge in [-0.05, 0) is 37.3 Å². The monoisotopic (exact) mass is 375 g/mol. The Morgan fingerprint density at radius 1 is 1.15 bits per heavy atom. The quantitative estimate of drug-likeness (QED) is 0.421. The molecule has 27 heavy (non-hydrogen) atoms. The van der Waals surface area contributed by atoms with E-state index in [2.05, 4.69) is 4.99 Å². The topological polar surface area (TPSA) is 71.8 Å². The summed E-state index contributed by atoms with van der Waals surface area (Å²) in [6.45, 7) is 2.04. The fourth-order valence-corrected chi connectivity index (χ4v) is 2.68. The Bertz CT molecular complexity index is 1060. The minimum Gasteiger partial charge on any atom is -0.420 e. The summed E-state index contributed by atoms with van der Waals surface area (Å²) in [5.74, 6) is -0.0178. The van der Waals surface area contributed by atoms with Crippen molar-refractivity contribution in [3.05, 3.63) is 70.6 Å². The molecular weight excluding hydrogens is 359 g/mol. The Labute approximate surface area is 152 Å². The molecule has 0 atom stereocenters. The van der Waals surface area contributed by atoms with Gasteiger partial charge in [0.2, 0.25) is 5.96 Å². The van der Waals surface area contributed by atoms with Crippen molar-refractivity contribution in [1.29, 1.82) is 0 Å². The molecule has 0 aliphatic rings. The third-order valence-corrected chi connectivity index (χ3v) is 3.94. The molecule has 0 spiro atoms. The van der Waals surface area contributed by atoms with Crippen LogP contribution in [0.5, 0.6) is 0 Å². The number of nitrogens with zero attached hydrogens (tertiary/aromatic N) is 2. The van der Waals surface area contributed by atoms with Gasteiger partial charge in [-0.1, -0.05) is 18.2 Å². The highest BCUT2D eigenvalue weighted by atomic mass is 19.4. The summed E-state index contributed by atoms with van der Waals surface area (Å²) in [6, 6.07) is 12.8. The van der Waals surface area contributed by atoms with Crippen LogP contribution in [0.2, 0.25) is 0 Å². The summed E-state index contributed by atoms with van der Waals surface area (Å²) >= 11 is 0. The second-order valence-corrected chi connectivity index (χ2v) is 5.71. The van der Waals surface area contributed by atoms with E-state index in [9.17, 15) is 18.0 Å². The molecule has 0 aliphatic carbocycles. The standard InChI is InChI=1S/C19H16F3N3O2/c1-2-25(14-7-4-6-13(11-14)19(20,21)22)18(23)24-15-8-3-5-12-9-10-16(26)27-17(12)15/h3-11H,2H2,1H3,(H2,23,24). The largest absolute Gasteiger partial charge is 0.420 e. The van der Waals surface area contributed by atoms with Gasteiger partial charge in [-0.25, -0.2) is 9.79 Å². The van der Waals surface area contributed by atoms with Crippen molar-refractivity contribution in [2.24, 2.45) is 10.7 Å². The Morgan fingerprint density at radius 3 is 2.59 bits per heavy atom. The first-order valence-corrected chi connectivity index (χ1v) is 8.11. The predicted molar refractivity (Wildman–Crippen MR) is 98.2 cm³/mol. The zero-order chi connectivity index (χ0) is 19.6. The van der Waals surface area contributed by atoms with Gasteiger partial charge in [0.15, 0.2) is 5.58 Å². The zero-order valence-electron chi connectivity index (χ0n) is 14.3. The van der Waals surface area contributed by atoms with Crippen molar-refractivity contribution in [3.8, 4) is 0 Å². The van der Waals surface area contributed by atoms with Crippen molar-refractivity contribution >= 4 is 28.3 Å². The molecule has 1 aromatic heterocycles. The van der Waals surface area contributed by atoms with Crippen molar-refractivity contribution in [2.75, 3.05) is 11.4 Å². The third kappa shape index (κ3) is 3.94. The Morgan fingerprint density at radius 2 is 1.89 bits per heavy atom. The number of anilines is 1. The summed E-state index contributed by atoms with van der Waals surface area (Å²) in [5.41, 5.74) is 5.58. The maximum atomic E-state index is 13.0. The number of fused-ring (bicyclic) bond motifs is 1. The lowest BCUT2D eigenvalue weighted by atomic mass is 10.2. The van der Waals surface area contributed by atoms with E-state index in [0.717, 1.165) is 12.1 Å². The van der Waals surface area contributed by atoms with Crippen LogP contribution < -0.4 is 16.3 Å². The first-order chi connectivity index (χ1) is 12.8. The van der Waals surface area contributed by atoms with Gasteiger partial charge in [-0.2, -0.15) is 13.2 Å². The number of hydrogen-bond donors (Lipinski definition) is 1. The second-order valence-electron chi connectivity index (χ2n) is 5.71. The molecule has 0 unspecified atom stereocenters. The summed E-state index contributed by atoms with van der Waals surface area (Å²) in [4.78, 5) is 17.2. The van der Waals surface area contributed by atoms with Crippen molar-refractivity contribution in [1.82, 2.24) is 0 Å². The molecule has 140 valence electrons. The molecule has 5 nitrogen and oxygen atoms in total. The molecule has 0 amide bonds. The van der Waals surface area contributed by atoms with E-state index in [4.69, 9.17) is 10.2 Å². The minimum atomic E-state index is -4.46. The maximum Gasteiger partial charge on any atom is 0.416 e. The number of benzene rings is 2. The Hall–Kier alpha value is -3.29. The van der Waals surface area contributed by atoms with Gasteiger partial charge >= 0.3 is 11.8 Å². The van der Waals surface area contributed by atoms with Crippen LogP contribution in [0.4, 0.5) is 24.5 Å². The average Bonchev–Trinajstić information content (AvgIpc) is 2.62. The summed E-state index contributed by atoms with van der Waals surface area (Å²) in [5, 5.41) is 0.658. The number of aliphatic imine (C=N–C) groups is 1. The van der Waals surface area contributed by atoms with Crippen LogP contribution in [-0.4, -0.2) is 12.5 Å². The highest BCUT2D eigenvalue weighted by Crippen LogP contribution is 2.32. The molecule has 2 N–H and O–H groups in total. The van der Waals surface area contributed by atoms with Gasteiger partial charge in [-0.15, -0.1) is 0 Å². The van der Waals surface area contributed by atoms with Gasteiger partial charge in [0.25, 0.3) is 0 Å². The number of halogens is 3. The molecule has 8 heteroatoms. The number of rotatable bonds is 3. The van der Waals surface area contributed by atoms with Crippen LogP contribution in [0.3, 0.4) is 0 Å². The van der Waals surface area contributed by atoms with E-state index in [-0.39, 0.29) is 17.2 Å². The third-order valence-electron chi connectivity index (χ3n) is 3.94. The second kappa shape index (κ2) is 7.14. The average molecular weight is 375 g/mol. The van der Waals surface area contributed by atoms with Crippen LogP contribution in [0, 0.1) is 0 Å². The lowest BCUT2D eigenvalue weighted by Gasteiger charge is -2.23. The first-order valence-electron chi connectivity index (χ1n) is 8.11. The molecule has 1 heterocycles. The van der Waals surface area contributed by atoms with Crippen LogP contribution in [0.1, 0.15) is 12.5 Å². The van der Waals surface area contributed by atoms with Crippen LogP contribution in [0.25, 0.3) is 11.0 Å². The molecular formula is C19H16F3N3O2. The van der Waals surface area contributed by atoms with Gasteiger partial charge in [0, 0.05) is 23.7 Å². The molecule has 0 aliphatic heterocycles. The van der Waals surface area contributed by atoms with E-state index in [1.54, 1.807) is 31.2 Å². The number of para-hydroxylation sites is 1. The van der Waals surface area contributed by atoms with E-state index in [1.165, 1.54) is 23.1 Å². The van der Waals surface area contributed by atoms with Crippen molar-refractivity contribution in [3.63, 3.8) is 0 Å². The molecule has 3 rings (SSSR count). The fraction of sp³-hybridized carbons (Fsp3) is 0.158. The Kier molecular flexibility index (Phi) is 4.89. The fourth-order valence-electron chi connectivity index (χ4n) is 2.68. The molecule has 0 bridgehead atoms. The lowest BCUT2D eigenvalue weighted by molar-refractivity contribution is -0.137. The van der Waals surface area contributed by atoms with Crippen molar-refractivity contribution < 1.29 is 17.6 Å².